The molecule has 1 unspecified atom stereocenters. The molecule has 0 aromatic carbocycles. The quantitative estimate of drug-likeness (QED) is 0.730. The van der Waals surface area contributed by atoms with Gasteiger partial charge in [0.15, 0.2) is 5.66 Å². The summed E-state index contributed by atoms with van der Waals surface area (Å²) < 4.78 is 0. The SMILES string of the molecule is NC1=CC(N)(c2cnccn2)NC(c2ccncc2)=C1. The maximum Gasteiger partial charge on any atom is 0.153 e. The molecule has 3 heterocycles. The van der Waals surface area contributed by atoms with Crippen LogP contribution < -0.4 is 16.8 Å². The topological polar surface area (TPSA) is 103 Å². The molecule has 2 aromatic rings. The lowest BCUT2D eigenvalue weighted by atomic mass is 9.99. The molecular weight excluding hydrogens is 252 g/mol. The van der Waals surface area contributed by atoms with E-state index in [1.807, 2.05) is 18.2 Å². The Morgan fingerprint density at radius 1 is 1.05 bits per heavy atom. The smallest absolute Gasteiger partial charge is 0.153 e. The highest BCUT2D eigenvalue weighted by molar-refractivity contribution is 5.69. The van der Waals surface area contributed by atoms with Crippen LogP contribution in [0.1, 0.15) is 11.3 Å². The van der Waals surface area contributed by atoms with E-state index >= 15 is 0 Å². The fourth-order valence-electron chi connectivity index (χ4n) is 2.10. The van der Waals surface area contributed by atoms with E-state index in [0.717, 1.165) is 11.3 Å². The first-order chi connectivity index (χ1) is 9.67. The predicted molar refractivity (Wildman–Crippen MR) is 75.5 cm³/mol. The van der Waals surface area contributed by atoms with Crippen LogP contribution in [0.2, 0.25) is 0 Å². The van der Waals surface area contributed by atoms with Crippen molar-refractivity contribution >= 4 is 5.70 Å². The fraction of sp³-hybridized carbons (Fsp3) is 0.0714. The van der Waals surface area contributed by atoms with Crippen molar-refractivity contribution < 1.29 is 0 Å². The third-order valence-electron chi connectivity index (χ3n) is 3.03. The van der Waals surface area contributed by atoms with Crippen LogP contribution in [0.15, 0.2) is 61.0 Å². The van der Waals surface area contributed by atoms with E-state index in [1.165, 1.54) is 0 Å². The number of nitrogens with one attached hydrogen (secondary N) is 1. The third kappa shape index (κ3) is 2.24. The Morgan fingerprint density at radius 2 is 1.85 bits per heavy atom. The van der Waals surface area contributed by atoms with Crippen LogP contribution in [0.25, 0.3) is 5.70 Å². The Morgan fingerprint density at radius 3 is 2.55 bits per heavy atom. The number of nitrogens with zero attached hydrogens (tertiary/aromatic N) is 3. The van der Waals surface area contributed by atoms with E-state index < -0.39 is 5.66 Å². The van der Waals surface area contributed by atoms with Crippen molar-refractivity contribution in [3.05, 3.63) is 72.2 Å². The van der Waals surface area contributed by atoms with Crippen LogP contribution in [-0.2, 0) is 5.66 Å². The normalized spacial score (nSPS) is 21.6. The molecule has 0 saturated heterocycles. The van der Waals surface area contributed by atoms with Gasteiger partial charge in [-0.15, -0.1) is 0 Å². The second kappa shape index (κ2) is 4.75. The number of aromatic nitrogens is 3. The second-order valence-corrected chi connectivity index (χ2v) is 4.52. The predicted octanol–water partition coefficient (Wildman–Crippen LogP) is 0.470. The summed E-state index contributed by atoms with van der Waals surface area (Å²) >= 11 is 0. The minimum atomic E-state index is -0.980. The van der Waals surface area contributed by atoms with Gasteiger partial charge >= 0.3 is 0 Å². The molecule has 5 N–H and O–H groups in total. The molecule has 20 heavy (non-hydrogen) atoms. The molecule has 0 bridgehead atoms. The average molecular weight is 266 g/mol. The highest BCUT2D eigenvalue weighted by Gasteiger charge is 2.30. The van der Waals surface area contributed by atoms with Crippen LogP contribution in [0, 0.1) is 0 Å². The minimum Gasteiger partial charge on any atom is -0.399 e. The van der Waals surface area contributed by atoms with Gasteiger partial charge in [-0.2, -0.15) is 0 Å². The van der Waals surface area contributed by atoms with Gasteiger partial charge in [0.1, 0.15) is 5.69 Å². The van der Waals surface area contributed by atoms with Gasteiger partial charge in [-0.3, -0.25) is 15.0 Å². The third-order valence-corrected chi connectivity index (χ3v) is 3.03. The molecule has 0 amide bonds. The molecule has 100 valence electrons. The molecule has 2 aromatic heterocycles. The molecule has 1 aliphatic rings. The van der Waals surface area contributed by atoms with Crippen molar-refractivity contribution in [3.63, 3.8) is 0 Å². The van der Waals surface area contributed by atoms with Crippen molar-refractivity contribution in [2.45, 2.75) is 5.66 Å². The lowest BCUT2D eigenvalue weighted by Crippen LogP contribution is -2.50. The second-order valence-electron chi connectivity index (χ2n) is 4.52. The fourth-order valence-corrected chi connectivity index (χ4v) is 2.10. The summed E-state index contributed by atoms with van der Waals surface area (Å²) in [7, 11) is 0. The molecular formula is C14H14N6. The van der Waals surface area contributed by atoms with Gasteiger partial charge in [-0.05, 0) is 24.3 Å². The molecule has 0 aliphatic carbocycles. The van der Waals surface area contributed by atoms with Crippen molar-refractivity contribution in [3.8, 4) is 0 Å². The molecule has 6 nitrogen and oxygen atoms in total. The van der Waals surface area contributed by atoms with E-state index in [0.29, 0.717) is 11.4 Å². The Kier molecular flexibility index (Phi) is 2.92. The molecule has 0 spiro atoms. The minimum absolute atomic E-state index is 0.573. The van der Waals surface area contributed by atoms with E-state index in [-0.39, 0.29) is 0 Å². The standard InChI is InChI=1S/C14H14N6/c15-11-7-12(10-1-3-17-4-2-10)20-14(16,8-11)13-9-18-5-6-19-13/h1-9,20H,15-16H2. The zero-order valence-corrected chi connectivity index (χ0v) is 10.7. The first-order valence-corrected chi connectivity index (χ1v) is 6.11. The van der Waals surface area contributed by atoms with E-state index in [4.69, 9.17) is 11.5 Å². The monoisotopic (exact) mass is 266 g/mol. The van der Waals surface area contributed by atoms with Gasteiger partial charge in [0.2, 0.25) is 0 Å². The molecule has 1 atom stereocenters. The lowest BCUT2D eigenvalue weighted by Gasteiger charge is -2.32. The Balaban J connectivity index is 2.01. The van der Waals surface area contributed by atoms with Crippen molar-refractivity contribution in [1.29, 1.82) is 0 Å². The zero-order valence-electron chi connectivity index (χ0n) is 10.7. The van der Waals surface area contributed by atoms with Gasteiger partial charge in [0.05, 0.1) is 6.20 Å². The summed E-state index contributed by atoms with van der Waals surface area (Å²) in [4.78, 5) is 12.3. The molecule has 1 aliphatic heterocycles. The molecule has 3 rings (SSSR count). The Labute approximate surface area is 116 Å². The van der Waals surface area contributed by atoms with Crippen molar-refractivity contribution in [1.82, 2.24) is 20.3 Å². The van der Waals surface area contributed by atoms with Crippen LogP contribution >= 0.6 is 0 Å². The van der Waals surface area contributed by atoms with Crippen LogP contribution in [0.3, 0.4) is 0 Å². The molecule has 0 saturated carbocycles. The maximum atomic E-state index is 6.37. The summed E-state index contributed by atoms with van der Waals surface area (Å²) in [5.41, 5.74) is 14.3. The van der Waals surface area contributed by atoms with Crippen LogP contribution in [-0.4, -0.2) is 15.0 Å². The summed E-state index contributed by atoms with van der Waals surface area (Å²) in [6.45, 7) is 0. The summed E-state index contributed by atoms with van der Waals surface area (Å²) in [6.07, 6.45) is 11.8. The van der Waals surface area contributed by atoms with Crippen LogP contribution in [0.4, 0.5) is 0 Å². The van der Waals surface area contributed by atoms with Crippen LogP contribution in [0.5, 0.6) is 0 Å². The summed E-state index contributed by atoms with van der Waals surface area (Å²) in [5.74, 6) is 0. The zero-order chi connectivity index (χ0) is 14.0. The van der Waals surface area contributed by atoms with Gasteiger partial charge in [0.25, 0.3) is 0 Å². The number of hydrogen-bond acceptors (Lipinski definition) is 6. The Hall–Kier alpha value is -2.73. The van der Waals surface area contributed by atoms with E-state index in [9.17, 15) is 0 Å². The number of allylic oxidation sites excluding steroid dienone is 1. The molecule has 0 radical (unpaired) electrons. The average Bonchev–Trinajstić information content (AvgIpc) is 2.48. The highest BCUT2D eigenvalue weighted by Crippen LogP contribution is 2.25. The van der Waals surface area contributed by atoms with Gasteiger partial charge in [-0.25, -0.2) is 0 Å². The maximum absolute atomic E-state index is 6.37. The van der Waals surface area contributed by atoms with Crippen molar-refractivity contribution in [2.24, 2.45) is 11.5 Å². The first-order valence-electron chi connectivity index (χ1n) is 6.11. The number of hydrogen-bond donors (Lipinski definition) is 3. The van der Waals surface area contributed by atoms with E-state index in [1.54, 1.807) is 37.1 Å². The van der Waals surface area contributed by atoms with Crippen molar-refractivity contribution in [2.75, 3.05) is 0 Å². The largest absolute Gasteiger partial charge is 0.399 e. The number of pyridine rings is 1. The van der Waals surface area contributed by atoms with Gasteiger partial charge in [-0.1, -0.05) is 0 Å². The summed E-state index contributed by atoms with van der Waals surface area (Å²) in [5, 5.41) is 3.25. The number of nitrogens with two attached hydrogens (primary N) is 2. The van der Waals surface area contributed by atoms with E-state index in [2.05, 4.69) is 20.3 Å². The van der Waals surface area contributed by atoms with Gasteiger partial charge in [0, 0.05) is 41.7 Å². The van der Waals surface area contributed by atoms with Gasteiger partial charge < -0.3 is 16.8 Å². The highest BCUT2D eigenvalue weighted by atomic mass is 15.1. The molecule has 0 fully saturated rings. The first kappa shape index (κ1) is 12.3. The number of dihydropyridines is 1. The number of rotatable bonds is 2. The molecule has 6 heteroatoms. The lowest BCUT2D eigenvalue weighted by molar-refractivity contribution is 0.483. The summed E-state index contributed by atoms with van der Waals surface area (Å²) in [6, 6.07) is 3.77. The Bertz CT molecular complexity index is 665.